The Hall–Kier alpha value is -2.08. The summed E-state index contributed by atoms with van der Waals surface area (Å²) in [7, 11) is 1.42. The topological polar surface area (TPSA) is 81.4 Å². The molecular formula is C11H9ClN2O4. The van der Waals surface area contributed by atoms with Gasteiger partial charge in [-0.2, -0.15) is 0 Å². The van der Waals surface area contributed by atoms with Crippen molar-refractivity contribution in [1.29, 1.82) is 0 Å². The number of benzene rings is 1. The van der Waals surface area contributed by atoms with Crippen LogP contribution in [-0.4, -0.2) is 27.7 Å². The van der Waals surface area contributed by atoms with Crippen molar-refractivity contribution in [2.75, 3.05) is 7.11 Å². The largest absolute Gasteiger partial charge is 0.496 e. The first-order chi connectivity index (χ1) is 8.54. The SMILES string of the molecule is COc1cccc2nc(Cl)n(CC(=O)O)c(=O)c12. The van der Waals surface area contributed by atoms with Crippen molar-refractivity contribution < 1.29 is 14.6 Å². The molecule has 0 unspecified atom stereocenters. The molecule has 7 heteroatoms. The van der Waals surface area contributed by atoms with Gasteiger partial charge in [-0.3, -0.25) is 14.2 Å². The maximum absolute atomic E-state index is 12.2. The molecule has 6 nitrogen and oxygen atoms in total. The van der Waals surface area contributed by atoms with Gasteiger partial charge in [0.1, 0.15) is 17.7 Å². The Labute approximate surface area is 106 Å². The van der Waals surface area contributed by atoms with Crippen molar-refractivity contribution >= 4 is 28.5 Å². The standard InChI is InChI=1S/C11H9ClN2O4/c1-18-7-4-2-3-6-9(7)10(17)14(5-8(15)16)11(12)13-6/h2-4H,5H2,1H3,(H,15,16). The smallest absolute Gasteiger partial charge is 0.323 e. The van der Waals surface area contributed by atoms with Crippen molar-refractivity contribution in [2.45, 2.75) is 6.54 Å². The molecule has 2 rings (SSSR count). The Balaban J connectivity index is 2.82. The second kappa shape index (κ2) is 4.66. The van der Waals surface area contributed by atoms with Crippen LogP contribution in [0, 0.1) is 0 Å². The van der Waals surface area contributed by atoms with Gasteiger partial charge in [-0.05, 0) is 23.7 Å². The number of fused-ring (bicyclic) bond motifs is 1. The van der Waals surface area contributed by atoms with Gasteiger partial charge in [0.15, 0.2) is 0 Å². The number of nitrogens with zero attached hydrogens (tertiary/aromatic N) is 2. The molecule has 1 aromatic carbocycles. The number of hydrogen-bond acceptors (Lipinski definition) is 4. The summed E-state index contributed by atoms with van der Waals surface area (Å²) in [5.41, 5.74) is -0.171. The molecule has 0 atom stereocenters. The third-order valence-corrected chi connectivity index (χ3v) is 2.70. The summed E-state index contributed by atoms with van der Waals surface area (Å²) in [6.45, 7) is -0.543. The highest BCUT2D eigenvalue weighted by atomic mass is 35.5. The molecule has 0 bridgehead atoms. The number of methoxy groups -OCH3 is 1. The Morgan fingerprint density at radius 2 is 2.28 bits per heavy atom. The molecule has 0 aliphatic carbocycles. The van der Waals surface area contributed by atoms with E-state index in [-0.39, 0.29) is 10.7 Å². The fourth-order valence-corrected chi connectivity index (χ4v) is 1.88. The lowest BCUT2D eigenvalue weighted by Crippen LogP contribution is -2.26. The molecule has 1 N–H and O–H groups in total. The maximum atomic E-state index is 12.2. The molecule has 0 saturated carbocycles. The summed E-state index contributed by atoms with van der Waals surface area (Å²) in [6, 6.07) is 4.88. The van der Waals surface area contributed by atoms with Crippen molar-refractivity contribution in [3.05, 3.63) is 33.8 Å². The molecule has 2 aromatic rings. The lowest BCUT2D eigenvalue weighted by molar-refractivity contribution is -0.137. The number of rotatable bonds is 3. The van der Waals surface area contributed by atoms with Crippen molar-refractivity contribution in [1.82, 2.24) is 9.55 Å². The van der Waals surface area contributed by atoms with Crippen LogP contribution in [0.5, 0.6) is 5.75 Å². The number of carboxylic acid groups (broad SMARTS) is 1. The number of aromatic nitrogens is 2. The van der Waals surface area contributed by atoms with Crippen molar-refractivity contribution in [2.24, 2.45) is 0 Å². The highest BCUT2D eigenvalue weighted by molar-refractivity contribution is 6.28. The van der Waals surface area contributed by atoms with Gasteiger partial charge < -0.3 is 9.84 Å². The number of ether oxygens (including phenoxy) is 1. The van der Waals surface area contributed by atoms with Crippen molar-refractivity contribution in [3.8, 4) is 5.75 Å². The van der Waals surface area contributed by atoms with Gasteiger partial charge in [-0.15, -0.1) is 0 Å². The maximum Gasteiger partial charge on any atom is 0.323 e. The zero-order chi connectivity index (χ0) is 13.3. The van der Waals surface area contributed by atoms with E-state index in [9.17, 15) is 9.59 Å². The van der Waals surface area contributed by atoms with E-state index in [1.165, 1.54) is 7.11 Å². The third kappa shape index (κ3) is 2.02. The highest BCUT2D eigenvalue weighted by Gasteiger charge is 2.14. The van der Waals surface area contributed by atoms with Gasteiger partial charge >= 0.3 is 5.97 Å². The molecular weight excluding hydrogens is 260 g/mol. The summed E-state index contributed by atoms with van der Waals surface area (Å²) in [4.78, 5) is 26.8. The highest BCUT2D eigenvalue weighted by Crippen LogP contribution is 2.21. The second-order valence-electron chi connectivity index (χ2n) is 3.52. The average molecular weight is 269 g/mol. The van der Waals surface area contributed by atoms with Gasteiger partial charge in [0.25, 0.3) is 5.56 Å². The van der Waals surface area contributed by atoms with Gasteiger partial charge in [0.2, 0.25) is 5.28 Å². The summed E-state index contributed by atoms with van der Waals surface area (Å²) in [5.74, 6) is -0.837. The Morgan fingerprint density at radius 1 is 1.56 bits per heavy atom. The van der Waals surface area contributed by atoms with E-state index in [1.54, 1.807) is 18.2 Å². The van der Waals surface area contributed by atoms with E-state index in [2.05, 4.69) is 4.98 Å². The first kappa shape index (κ1) is 12.4. The van der Waals surface area contributed by atoms with Crippen LogP contribution in [0.3, 0.4) is 0 Å². The predicted molar refractivity (Wildman–Crippen MR) is 65.2 cm³/mol. The molecule has 0 saturated heterocycles. The quantitative estimate of drug-likeness (QED) is 0.844. The fraction of sp³-hybridized carbons (Fsp3) is 0.182. The van der Waals surface area contributed by atoms with Crippen LogP contribution in [0.25, 0.3) is 10.9 Å². The summed E-state index contributed by atoms with van der Waals surface area (Å²) >= 11 is 5.80. The van der Waals surface area contributed by atoms with Gasteiger partial charge in [0, 0.05) is 0 Å². The summed E-state index contributed by atoms with van der Waals surface area (Å²) in [6.07, 6.45) is 0. The lowest BCUT2D eigenvalue weighted by Gasteiger charge is -2.09. The molecule has 0 amide bonds. The van der Waals surface area contributed by atoms with E-state index < -0.39 is 18.1 Å². The van der Waals surface area contributed by atoms with Gasteiger partial charge in [-0.1, -0.05) is 6.07 Å². The zero-order valence-corrected chi connectivity index (χ0v) is 10.1. The molecule has 1 heterocycles. The third-order valence-electron chi connectivity index (χ3n) is 2.41. The van der Waals surface area contributed by atoms with Crippen LogP contribution >= 0.6 is 11.6 Å². The first-order valence-corrected chi connectivity index (χ1v) is 5.37. The molecule has 0 fully saturated rings. The van der Waals surface area contributed by atoms with Crippen LogP contribution < -0.4 is 10.3 Å². The van der Waals surface area contributed by atoms with E-state index in [0.29, 0.717) is 11.3 Å². The van der Waals surface area contributed by atoms with E-state index >= 15 is 0 Å². The summed E-state index contributed by atoms with van der Waals surface area (Å²) < 4.78 is 5.95. The number of halogens is 1. The molecule has 0 aliphatic rings. The van der Waals surface area contributed by atoms with Crippen molar-refractivity contribution in [3.63, 3.8) is 0 Å². The monoisotopic (exact) mass is 268 g/mol. The second-order valence-corrected chi connectivity index (χ2v) is 3.86. The first-order valence-electron chi connectivity index (χ1n) is 4.99. The Kier molecular flexibility index (Phi) is 3.20. The van der Waals surface area contributed by atoms with Gasteiger partial charge in [-0.25, -0.2) is 4.98 Å². The molecule has 18 heavy (non-hydrogen) atoms. The van der Waals surface area contributed by atoms with Gasteiger partial charge in [0.05, 0.1) is 12.6 Å². The van der Waals surface area contributed by atoms with E-state index in [1.807, 2.05) is 0 Å². The molecule has 94 valence electrons. The predicted octanol–water partition coefficient (Wildman–Crippen LogP) is 1.14. The normalized spacial score (nSPS) is 10.6. The van der Waals surface area contributed by atoms with Crippen LogP contribution in [0.4, 0.5) is 0 Å². The average Bonchev–Trinajstić information content (AvgIpc) is 2.33. The number of hydrogen-bond donors (Lipinski definition) is 1. The molecule has 0 spiro atoms. The Bertz CT molecular complexity index is 681. The van der Waals surface area contributed by atoms with E-state index in [0.717, 1.165) is 4.57 Å². The minimum atomic E-state index is -1.17. The molecule has 0 radical (unpaired) electrons. The minimum Gasteiger partial charge on any atom is -0.496 e. The minimum absolute atomic E-state index is 0.164. The molecule has 0 aliphatic heterocycles. The van der Waals surface area contributed by atoms with Crippen LogP contribution in [-0.2, 0) is 11.3 Å². The molecule has 1 aromatic heterocycles. The Morgan fingerprint density at radius 3 is 2.89 bits per heavy atom. The zero-order valence-electron chi connectivity index (χ0n) is 9.38. The van der Waals surface area contributed by atoms with E-state index in [4.69, 9.17) is 21.4 Å². The fourth-order valence-electron chi connectivity index (χ4n) is 1.65. The van der Waals surface area contributed by atoms with Crippen LogP contribution in [0.1, 0.15) is 0 Å². The number of carboxylic acids is 1. The van der Waals surface area contributed by atoms with Crippen LogP contribution in [0.2, 0.25) is 5.28 Å². The lowest BCUT2D eigenvalue weighted by atomic mass is 10.2. The number of carbonyl (C=O) groups is 1. The van der Waals surface area contributed by atoms with Crippen LogP contribution in [0.15, 0.2) is 23.0 Å². The summed E-state index contributed by atoms with van der Waals surface area (Å²) in [5, 5.41) is 8.79. The number of aliphatic carboxylic acids is 1.